The van der Waals surface area contributed by atoms with E-state index in [4.69, 9.17) is 9.47 Å². The number of aryl methyl sites for hydroxylation is 1. The standard InChI is InChI=1S/C18H21FN2O3/c1-12-8-9-20-16(10-12)21(17(22)24-18(2,3)4)13-6-7-15(23-5)14(19)11-13/h6-11H,1-5H3. The Morgan fingerprint density at radius 1 is 1.21 bits per heavy atom. The molecule has 0 saturated heterocycles. The van der Waals surface area contributed by atoms with Gasteiger partial charge >= 0.3 is 6.09 Å². The van der Waals surface area contributed by atoms with Gasteiger partial charge in [-0.3, -0.25) is 0 Å². The number of pyridine rings is 1. The van der Waals surface area contributed by atoms with Crippen LogP contribution in [0.4, 0.5) is 20.7 Å². The molecule has 0 fully saturated rings. The number of rotatable bonds is 3. The number of methoxy groups -OCH3 is 1. The molecule has 0 atom stereocenters. The van der Waals surface area contributed by atoms with Crippen LogP contribution in [0.15, 0.2) is 36.5 Å². The summed E-state index contributed by atoms with van der Waals surface area (Å²) in [6, 6.07) is 7.79. The molecule has 0 bridgehead atoms. The van der Waals surface area contributed by atoms with E-state index in [1.165, 1.54) is 24.1 Å². The lowest BCUT2D eigenvalue weighted by Gasteiger charge is -2.27. The third kappa shape index (κ3) is 4.22. The third-order valence-electron chi connectivity index (χ3n) is 3.10. The summed E-state index contributed by atoms with van der Waals surface area (Å²) >= 11 is 0. The second-order valence-corrected chi connectivity index (χ2v) is 6.33. The zero-order valence-corrected chi connectivity index (χ0v) is 14.5. The van der Waals surface area contributed by atoms with E-state index < -0.39 is 17.5 Å². The Balaban J connectivity index is 2.50. The number of anilines is 2. The van der Waals surface area contributed by atoms with Crippen LogP contribution in [0.3, 0.4) is 0 Å². The minimum absolute atomic E-state index is 0.0973. The summed E-state index contributed by atoms with van der Waals surface area (Å²) in [7, 11) is 1.38. The Hall–Kier alpha value is -2.63. The molecule has 0 aliphatic heterocycles. The number of amides is 1. The van der Waals surface area contributed by atoms with Gasteiger partial charge < -0.3 is 9.47 Å². The maximum atomic E-state index is 14.1. The van der Waals surface area contributed by atoms with Crippen molar-refractivity contribution < 1.29 is 18.7 Å². The first-order valence-electron chi connectivity index (χ1n) is 7.50. The van der Waals surface area contributed by atoms with Crippen molar-refractivity contribution in [1.29, 1.82) is 0 Å². The molecule has 5 nitrogen and oxygen atoms in total. The highest BCUT2D eigenvalue weighted by Gasteiger charge is 2.26. The monoisotopic (exact) mass is 332 g/mol. The first kappa shape index (κ1) is 17.7. The summed E-state index contributed by atoms with van der Waals surface area (Å²) < 4.78 is 24.4. The molecule has 0 aliphatic rings. The summed E-state index contributed by atoms with van der Waals surface area (Å²) in [6.07, 6.45) is 0.951. The van der Waals surface area contributed by atoms with Crippen molar-refractivity contribution in [3.05, 3.63) is 47.9 Å². The van der Waals surface area contributed by atoms with E-state index in [9.17, 15) is 9.18 Å². The number of hydrogen-bond donors (Lipinski definition) is 0. The molecule has 6 heteroatoms. The molecule has 128 valence electrons. The molecule has 2 aromatic rings. The predicted molar refractivity (Wildman–Crippen MR) is 90.3 cm³/mol. The van der Waals surface area contributed by atoms with Gasteiger partial charge in [0, 0.05) is 12.3 Å². The molecule has 24 heavy (non-hydrogen) atoms. The summed E-state index contributed by atoms with van der Waals surface area (Å²) in [5.41, 5.74) is 0.535. The minimum Gasteiger partial charge on any atom is -0.494 e. The number of aromatic nitrogens is 1. The number of hydrogen-bond acceptors (Lipinski definition) is 4. The highest BCUT2D eigenvalue weighted by Crippen LogP contribution is 2.30. The second kappa shape index (κ2) is 6.86. The van der Waals surface area contributed by atoms with Crippen molar-refractivity contribution in [3.8, 4) is 5.75 Å². The van der Waals surface area contributed by atoms with Crippen LogP contribution in [0.1, 0.15) is 26.3 Å². The van der Waals surface area contributed by atoms with Crippen LogP contribution in [-0.2, 0) is 4.74 Å². The fraction of sp³-hybridized carbons (Fsp3) is 0.333. The number of benzene rings is 1. The minimum atomic E-state index is -0.690. The topological polar surface area (TPSA) is 51.7 Å². The molecule has 2 rings (SSSR count). The van der Waals surface area contributed by atoms with Gasteiger partial charge in [-0.25, -0.2) is 19.1 Å². The van der Waals surface area contributed by atoms with Gasteiger partial charge in [0.2, 0.25) is 0 Å². The van der Waals surface area contributed by atoms with E-state index in [0.29, 0.717) is 11.5 Å². The van der Waals surface area contributed by atoms with Gasteiger partial charge in [-0.2, -0.15) is 0 Å². The Labute approximate surface area is 141 Å². The van der Waals surface area contributed by atoms with Crippen LogP contribution < -0.4 is 9.64 Å². The van der Waals surface area contributed by atoms with Crippen molar-refractivity contribution in [1.82, 2.24) is 4.98 Å². The quantitative estimate of drug-likeness (QED) is 0.823. The Kier molecular flexibility index (Phi) is 5.07. The smallest absolute Gasteiger partial charge is 0.420 e. The van der Waals surface area contributed by atoms with Gasteiger partial charge in [0.15, 0.2) is 11.6 Å². The number of nitrogens with zero attached hydrogens (tertiary/aromatic N) is 2. The average molecular weight is 332 g/mol. The summed E-state index contributed by atoms with van der Waals surface area (Å²) in [5.74, 6) is -0.120. The molecular weight excluding hydrogens is 311 g/mol. The lowest BCUT2D eigenvalue weighted by Crippen LogP contribution is -2.34. The maximum absolute atomic E-state index is 14.1. The summed E-state index contributed by atoms with van der Waals surface area (Å²) in [5, 5.41) is 0. The molecule has 0 unspecified atom stereocenters. The van der Waals surface area contributed by atoms with Gasteiger partial charge in [0.25, 0.3) is 0 Å². The van der Waals surface area contributed by atoms with Gasteiger partial charge in [0.05, 0.1) is 12.8 Å². The highest BCUT2D eigenvalue weighted by atomic mass is 19.1. The lowest BCUT2D eigenvalue weighted by atomic mass is 10.2. The summed E-state index contributed by atoms with van der Waals surface area (Å²) in [4.78, 5) is 18.1. The SMILES string of the molecule is COc1ccc(N(C(=O)OC(C)(C)C)c2cc(C)ccn2)cc1F. The third-order valence-corrected chi connectivity index (χ3v) is 3.10. The molecule has 1 heterocycles. The van der Waals surface area contributed by atoms with Crippen molar-refractivity contribution in [2.24, 2.45) is 0 Å². The molecule has 0 saturated carbocycles. The van der Waals surface area contributed by atoms with Crippen molar-refractivity contribution in [2.45, 2.75) is 33.3 Å². The number of halogens is 1. The predicted octanol–water partition coefficient (Wildman–Crippen LogP) is 4.61. The Morgan fingerprint density at radius 2 is 1.92 bits per heavy atom. The molecule has 0 N–H and O–H groups in total. The summed E-state index contributed by atoms with van der Waals surface area (Å²) in [6.45, 7) is 7.18. The molecule has 1 aromatic heterocycles. The molecular formula is C18H21FN2O3. The van der Waals surface area contributed by atoms with Crippen molar-refractivity contribution >= 4 is 17.6 Å². The Morgan fingerprint density at radius 3 is 2.46 bits per heavy atom. The average Bonchev–Trinajstić information content (AvgIpc) is 2.46. The lowest BCUT2D eigenvalue weighted by molar-refractivity contribution is 0.0598. The van der Waals surface area contributed by atoms with E-state index in [-0.39, 0.29) is 5.75 Å². The molecule has 0 aliphatic carbocycles. The maximum Gasteiger partial charge on any atom is 0.420 e. The van der Waals surface area contributed by atoms with Crippen molar-refractivity contribution in [2.75, 3.05) is 12.0 Å². The van der Waals surface area contributed by atoms with Crippen molar-refractivity contribution in [3.63, 3.8) is 0 Å². The number of carbonyl (C=O) groups excluding carboxylic acids is 1. The van der Waals surface area contributed by atoms with Crippen LogP contribution in [0, 0.1) is 12.7 Å². The van der Waals surface area contributed by atoms with Gasteiger partial charge in [-0.05, 0) is 57.5 Å². The van der Waals surface area contributed by atoms with Crippen LogP contribution >= 0.6 is 0 Å². The first-order valence-corrected chi connectivity index (χ1v) is 7.50. The molecule has 1 amide bonds. The van der Waals surface area contributed by atoms with E-state index in [1.807, 2.05) is 13.0 Å². The molecule has 0 spiro atoms. The van der Waals surface area contributed by atoms with E-state index >= 15 is 0 Å². The van der Waals surface area contributed by atoms with Gasteiger partial charge in [-0.15, -0.1) is 0 Å². The first-order chi connectivity index (χ1) is 11.2. The zero-order valence-electron chi connectivity index (χ0n) is 14.5. The van der Waals surface area contributed by atoms with Gasteiger partial charge in [-0.1, -0.05) is 0 Å². The van der Waals surface area contributed by atoms with E-state index in [0.717, 1.165) is 5.56 Å². The van der Waals surface area contributed by atoms with Crippen LogP contribution in [-0.4, -0.2) is 23.8 Å². The zero-order chi connectivity index (χ0) is 17.9. The highest BCUT2D eigenvalue weighted by molar-refractivity contribution is 5.95. The normalized spacial score (nSPS) is 11.1. The number of carbonyl (C=O) groups is 1. The van der Waals surface area contributed by atoms with E-state index in [2.05, 4.69) is 4.98 Å². The Bertz CT molecular complexity index is 741. The fourth-order valence-electron chi connectivity index (χ4n) is 2.08. The van der Waals surface area contributed by atoms with E-state index in [1.54, 1.807) is 39.1 Å². The van der Waals surface area contributed by atoms with Crippen LogP contribution in [0.25, 0.3) is 0 Å². The van der Waals surface area contributed by atoms with Crippen LogP contribution in [0.2, 0.25) is 0 Å². The molecule has 1 aromatic carbocycles. The fourth-order valence-corrected chi connectivity index (χ4v) is 2.08. The second-order valence-electron chi connectivity index (χ2n) is 6.33. The van der Waals surface area contributed by atoms with Crippen LogP contribution in [0.5, 0.6) is 5.75 Å². The largest absolute Gasteiger partial charge is 0.494 e. The molecule has 0 radical (unpaired) electrons. The number of ether oxygens (including phenoxy) is 2. The van der Waals surface area contributed by atoms with Gasteiger partial charge in [0.1, 0.15) is 11.4 Å².